The first-order valence-electron chi connectivity index (χ1n) is 5.26. The van der Waals surface area contributed by atoms with Gasteiger partial charge in [0, 0.05) is 18.3 Å². The van der Waals surface area contributed by atoms with E-state index in [1.54, 1.807) is 13.1 Å². The monoisotopic (exact) mass is 232 g/mol. The lowest BCUT2D eigenvalue weighted by Crippen LogP contribution is -2.03. The standard InChI is InChI=1S/C12H13FN4/c1-7-8(2)16-12(17-11(7)14-3)10-5-4-9(13)6-15-10/h4-6H,1-3H3,(H,14,16,17). The average Bonchev–Trinajstić information content (AvgIpc) is 2.33. The molecule has 0 saturated carbocycles. The average molecular weight is 232 g/mol. The fraction of sp³-hybridized carbons (Fsp3) is 0.250. The minimum Gasteiger partial charge on any atom is -0.373 e. The summed E-state index contributed by atoms with van der Waals surface area (Å²) in [5.41, 5.74) is 2.44. The lowest BCUT2D eigenvalue weighted by Gasteiger charge is -2.09. The van der Waals surface area contributed by atoms with Crippen molar-refractivity contribution in [3.05, 3.63) is 35.4 Å². The number of halogens is 1. The van der Waals surface area contributed by atoms with Gasteiger partial charge in [-0.15, -0.1) is 0 Å². The summed E-state index contributed by atoms with van der Waals surface area (Å²) in [5, 5.41) is 3.00. The summed E-state index contributed by atoms with van der Waals surface area (Å²) in [4.78, 5) is 12.7. The van der Waals surface area contributed by atoms with Crippen molar-refractivity contribution < 1.29 is 4.39 Å². The van der Waals surface area contributed by atoms with Gasteiger partial charge in [-0.2, -0.15) is 0 Å². The Kier molecular flexibility index (Phi) is 2.99. The summed E-state index contributed by atoms with van der Waals surface area (Å²) in [6.45, 7) is 3.86. The van der Waals surface area contributed by atoms with E-state index in [0.29, 0.717) is 11.5 Å². The van der Waals surface area contributed by atoms with E-state index in [9.17, 15) is 4.39 Å². The lowest BCUT2D eigenvalue weighted by atomic mass is 10.2. The van der Waals surface area contributed by atoms with Crippen molar-refractivity contribution in [3.63, 3.8) is 0 Å². The van der Waals surface area contributed by atoms with Crippen molar-refractivity contribution in [1.29, 1.82) is 0 Å². The van der Waals surface area contributed by atoms with Crippen LogP contribution in [0.1, 0.15) is 11.3 Å². The maximum atomic E-state index is 12.8. The van der Waals surface area contributed by atoms with Crippen molar-refractivity contribution >= 4 is 5.82 Å². The second kappa shape index (κ2) is 4.45. The first-order valence-corrected chi connectivity index (χ1v) is 5.26. The molecule has 2 aromatic heterocycles. The molecule has 0 atom stereocenters. The SMILES string of the molecule is CNc1nc(-c2ccc(F)cn2)nc(C)c1C. The second-order valence-corrected chi connectivity index (χ2v) is 3.72. The molecule has 0 spiro atoms. The molecule has 0 aliphatic rings. The summed E-state index contributed by atoms with van der Waals surface area (Å²) < 4.78 is 12.8. The van der Waals surface area contributed by atoms with Crippen LogP contribution in [0.4, 0.5) is 10.2 Å². The minimum absolute atomic E-state index is 0.369. The maximum absolute atomic E-state index is 12.8. The van der Waals surface area contributed by atoms with Crippen LogP contribution in [-0.4, -0.2) is 22.0 Å². The smallest absolute Gasteiger partial charge is 0.180 e. The van der Waals surface area contributed by atoms with Crippen LogP contribution in [0.2, 0.25) is 0 Å². The number of hydrogen-bond acceptors (Lipinski definition) is 4. The van der Waals surface area contributed by atoms with Crippen LogP contribution in [0.25, 0.3) is 11.5 Å². The first-order chi connectivity index (χ1) is 8.11. The Labute approximate surface area is 99.0 Å². The third-order valence-electron chi connectivity index (χ3n) is 2.58. The highest BCUT2D eigenvalue weighted by molar-refractivity contribution is 5.55. The molecule has 4 nitrogen and oxygen atoms in total. The zero-order valence-corrected chi connectivity index (χ0v) is 9.95. The lowest BCUT2D eigenvalue weighted by molar-refractivity contribution is 0.621. The van der Waals surface area contributed by atoms with Crippen LogP contribution >= 0.6 is 0 Å². The van der Waals surface area contributed by atoms with Crippen LogP contribution in [0.3, 0.4) is 0 Å². The van der Waals surface area contributed by atoms with Gasteiger partial charge in [0.1, 0.15) is 17.3 Å². The van der Waals surface area contributed by atoms with Gasteiger partial charge >= 0.3 is 0 Å². The van der Waals surface area contributed by atoms with Gasteiger partial charge in [0.05, 0.1) is 6.20 Å². The number of aromatic nitrogens is 3. The van der Waals surface area contributed by atoms with E-state index < -0.39 is 0 Å². The molecule has 0 aliphatic heterocycles. The normalized spacial score (nSPS) is 10.4. The molecule has 0 bridgehead atoms. The Balaban J connectivity index is 2.52. The number of rotatable bonds is 2. The quantitative estimate of drug-likeness (QED) is 0.863. The Morgan fingerprint density at radius 3 is 2.53 bits per heavy atom. The van der Waals surface area contributed by atoms with Gasteiger partial charge in [-0.25, -0.2) is 19.3 Å². The van der Waals surface area contributed by atoms with Gasteiger partial charge < -0.3 is 5.32 Å². The van der Waals surface area contributed by atoms with Crippen LogP contribution in [0.5, 0.6) is 0 Å². The second-order valence-electron chi connectivity index (χ2n) is 3.72. The number of pyridine rings is 1. The highest BCUT2D eigenvalue weighted by Crippen LogP contribution is 2.19. The predicted octanol–water partition coefficient (Wildman–Crippen LogP) is 2.34. The molecule has 17 heavy (non-hydrogen) atoms. The van der Waals surface area contributed by atoms with Crippen molar-refractivity contribution in [2.75, 3.05) is 12.4 Å². The highest BCUT2D eigenvalue weighted by atomic mass is 19.1. The first kappa shape index (κ1) is 11.4. The number of nitrogens with zero attached hydrogens (tertiary/aromatic N) is 3. The van der Waals surface area contributed by atoms with Gasteiger partial charge in [0.2, 0.25) is 0 Å². The molecule has 0 saturated heterocycles. The summed E-state index contributed by atoms with van der Waals surface area (Å²) in [6.07, 6.45) is 1.16. The Morgan fingerprint density at radius 2 is 1.94 bits per heavy atom. The zero-order valence-electron chi connectivity index (χ0n) is 9.95. The van der Waals surface area contributed by atoms with Crippen LogP contribution in [0.15, 0.2) is 18.3 Å². The van der Waals surface area contributed by atoms with E-state index in [1.165, 1.54) is 6.07 Å². The van der Waals surface area contributed by atoms with Crippen molar-refractivity contribution in [2.45, 2.75) is 13.8 Å². The van der Waals surface area contributed by atoms with Gasteiger partial charge in [-0.3, -0.25) is 0 Å². The van der Waals surface area contributed by atoms with Crippen LogP contribution < -0.4 is 5.32 Å². The third-order valence-corrected chi connectivity index (χ3v) is 2.58. The molecular weight excluding hydrogens is 219 g/mol. The van der Waals surface area contributed by atoms with Gasteiger partial charge in [-0.05, 0) is 26.0 Å². The molecule has 88 valence electrons. The van der Waals surface area contributed by atoms with Crippen molar-refractivity contribution in [1.82, 2.24) is 15.0 Å². The maximum Gasteiger partial charge on any atom is 0.180 e. The van der Waals surface area contributed by atoms with Gasteiger partial charge in [0.15, 0.2) is 5.82 Å². The number of nitrogens with one attached hydrogen (secondary N) is 1. The topological polar surface area (TPSA) is 50.7 Å². The number of hydrogen-bond donors (Lipinski definition) is 1. The predicted molar refractivity (Wildman–Crippen MR) is 64.2 cm³/mol. The van der Waals surface area contributed by atoms with Gasteiger partial charge in [-0.1, -0.05) is 0 Å². The Hall–Kier alpha value is -2.04. The van der Waals surface area contributed by atoms with Gasteiger partial charge in [0.25, 0.3) is 0 Å². The summed E-state index contributed by atoms with van der Waals surface area (Å²) in [5.74, 6) is 0.891. The molecule has 0 aromatic carbocycles. The highest BCUT2D eigenvalue weighted by Gasteiger charge is 2.09. The van der Waals surface area contributed by atoms with E-state index in [-0.39, 0.29) is 5.82 Å². The van der Waals surface area contributed by atoms with E-state index in [4.69, 9.17) is 0 Å². The van der Waals surface area contributed by atoms with E-state index in [1.807, 2.05) is 13.8 Å². The third kappa shape index (κ3) is 2.22. The fourth-order valence-electron chi connectivity index (χ4n) is 1.49. The fourth-order valence-corrected chi connectivity index (χ4v) is 1.49. The molecule has 1 N–H and O–H groups in total. The van der Waals surface area contributed by atoms with E-state index in [0.717, 1.165) is 23.3 Å². The molecule has 0 amide bonds. The van der Waals surface area contributed by atoms with E-state index >= 15 is 0 Å². The number of aryl methyl sites for hydroxylation is 1. The molecule has 2 heterocycles. The van der Waals surface area contributed by atoms with Crippen LogP contribution in [0, 0.1) is 19.7 Å². The zero-order chi connectivity index (χ0) is 12.4. The molecular formula is C12H13FN4. The molecule has 5 heteroatoms. The molecule has 2 rings (SSSR count). The molecule has 0 fully saturated rings. The largest absolute Gasteiger partial charge is 0.373 e. The van der Waals surface area contributed by atoms with Crippen molar-refractivity contribution in [2.24, 2.45) is 0 Å². The molecule has 0 unspecified atom stereocenters. The Morgan fingerprint density at radius 1 is 1.18 bits per heavy atom. The van der Waals surface area contributed by atoms with Crippen molar-refractivity contribution in [3.8, 4) is 11.5 Å². The summed E-state index contributed by atoms with van der Waals surface area (Å²) in [6, 6.07) is 2.92. The summed E-state index contributed by atoms with van der Waals surface area (Å²) in [7, 11) is 1.80. The molecule has 0 radical (unpaired) electrons. The number of anilines is 1. The Bertz CT molecular complexity index is 537. The molecule has 0 aliphatic carbocycles. The van der Waals surface area contributed by atoms with Crippen LogP contribution in [-0.2, 0) is 0 Å². The molecule has 2 aromatic rings. The van der Waals surface area contributed by atoms with E-state index in [2.05, 4.69) is 20.3 Å². The minimum atomic E-state index is -0.369. The summed E-state index contributed by atoms with van der Waals surface area (Å²) >= 11 is 0.